The Morgan fingerprint density at radius 2 is 1.86 bits per heavy atom. The van der Waals surface area contributed by atoms with Gasteiger partial charge in [0, 0.05) is 11.0 Å². The van der Waals surface area contributed by atoms with Crippen molar-refractivity contribution in [3.05, 3.63) is 65.0 Å². The van der Waals surface area contributed by atoms with Gasteiger partial charge in [0.1, 0.15) is 18.2 Å². The molecule has 3 atom stereocenters. The van der Waals surface area contributed by atoms with Gasteiger partial charge in [-0.15, -0.1) is 12.4 Å². The first-order valence-electron chi connectivity index (χ1n) is 9.18. The van der Waals surface area contributed by atoms with E-state index in [1.807, 2.05) is 0 Å². The van der Waals surface area contributed by atoms with Crippen LogP contribution in [0.2, 0.25) is 0 Å². The minimum atomic E-state index is -4.79. The second-order valence-corrected chi connectivity index (χ2v) is 7.81. The first-order chi connectivity index (χ1) is 13.1. The minimum Gasteiger partial charge on any atom is -0.492 e. The van der Waals surface area contributed by atoms with Crippen molar-refractivity contribution >= 4 is 12.4 Å². The van der Waals surface area contributed by atoms with Crippen LogP contribution in [0.5, 0.6) is 5.75 Å². The van der Waals surface area contributed by atoms with Gasteiger partial charge in [-0.25, -0.2) is 4.39 Å². The third kappa shape index (κ3) is 3.60. The number of nitrogens with one attached hydrogen (secondary N) is 1. The van der Waals surface area contributed by atoms with Gasteiger partial charge >= 0.3 is 6.18 Å². The van der Waals surface area contributed by atoms with E-state index in [1.54, 1.807) is 18.2 Å². The minimum absolute atomic E-state index is 0. The Hall–Kier alpha value is -1.83. The van der Waals surface area contributed by atoms with E-state index in [2.05, 4.69) is 5.32 Å². The summed E-state index contributed by atoms with van der Waals surface area (Å²) >= 11 is 0. The van der Waals surface area contributed by atoms with E-state index in [-0.39, 0.29) is 35.2 Å². The highest BCUT2D eigenvalue weighted by molar-refractivity contribution is 5.85. The standard InChI is InChI=1S/C21H21F4NO2.ClH/c1-19(27,21(23,24)25)14-4-7-16-17(10-14)28-12-18-20(16,8-9-26-18)11-13-2-5-15(22)6-3-13;/h2-7,10,18,26-27H,8-9,11-12H2,1H3;1H. The molecular weight excluding hydrogens is 410 g/mol. The molecule has 2 N–H and O–H groups in total. The first kappa shape index (κ1) is 21.9. The zero-order valence-corrected chi connectivity index (χ0v) is 16.5. The van der Waals surface area contributed by atoms with Crippen LogP contribution < -0.4 is 10.1 Å². The van der Waals surface area contributed by atoms with Crippen molar-refractivity contribution in [2.24, 2.45) is 0 Å². The van der Waals surface area contributed by atoms with E-state index in [1.165, 1.54) is 24.3 Å². The Labute approximate surface area is 172 Å². The molecule has 2 aliphatic rings. The zero-order chi connectivity index (χ0) is 20.2. The molecule has 29 heavy (non-hydrogen) atoms. The fourth-order valence-electron chi connectivity index (χ4n) is 4.35. The Morgan fingerprint density at radius 3 is 2.52 bits per heavy atom. The third-order valence-electron chi connectivity index (χ3n) is 6.10. The van der Waals surface area contributed by atoms with Crippen LogP contribution in [0.15, 0.2) is 42.5 Å². The molecule has 2 heterocycles. The lowest BCUT2D eigenvalue weighted by atomic mass is 9.68. The molecule has 0 amide bonds. The van der Waals surface area contributed by atoms with Gasteiger partial charge in [-0.2, -0.15) is 13.2 Å². The first-order valence-corrected chi connectivity index (χ1v) is 9.18. The summed E-state index contributed by atoms with van der Waals surface area (Å²) in [7, 11) is 0. The van der Waals surface area contributed by atoms with Gasteiger partial charge in [0.05, 0.1) is 6.04 Å². The molecule has 2 aliphatic heterocycles. The highest BCUT2D eigenvalue weighted by atomic mass is 35.5. The molecule has 0 aromatic heterocycles. The van der Waals surface area contributed by atoms with Crippen LogP contribution in [-0.2, 0) is 17.4 Å². The largest absolute Gasteiger partial charge is 0.492 e. The molecule has 4 rings (SSSR count). The molecular formula is C21H22ClF4NO2. The summed E-state index contributed by atoms with van der Waals surface area (Å²) in [6.45, 7) is 1.83. The molecule has 158 valence electrons. The predicted octanol–water partition coefficient (Wildman–Crippen LogP) is 4.25. The van der Waals surface area contributed by atoms with Crippen molar-refractivity contribution in [3.63, 3.8) is 0 Å². The maximum absolute atomic E-state index is 13.3. The fourth-order valence-corrected chi connectivity index (χ4v) is 4.35. The molecule has 8 heteroatoms. The second-order valence-electron chi connectivity index (χ2n) is 7.81. The summed E-state index contributed by atoms with van der Waals surface area (Å²) in [6, 6.07) is 10.6. The number of alkyl halides is 3. The van der Waals surface area contributed by atoms with E-state index in [0.717, 1.165) is 31.0 Å². The third-order valence-corrected chi connectivity index (χ3v) is 6.10. The average Bonchev–Trinajstić information content (AvgIpc) is 3.06. The molecule has 2 aromatic carbocycles. The number of benzene rings is 2. The topological polar surface area (TPSA) is 41.5 Å². The maximum Gasteiger partial charge on any atom is 0.421 e. The summed E-state index contributed by atoms with van der Waals surface area (Å²) in [6.07, 6.45) is -3.38. The van der Waals surface area contributed by atoms with E-state index in [9.17, 15) is 22.7 Å². The molecule has 3 nitrogen and oxygen atoms in total. The molecule has 1 saturated heterocycles. The summed E-state index contributed by atoms with van der Waals surface area (Å²) in [5.74, 6) is 0.0536. The number of hydrogen-bond donors (Lipinski definition) is 2. The highest BCUT2D eigenvalue weighted by Crippen LogP contribution is 2.48. The van der Waals surface area contributed by atoms with Crippen molar-refractivity contribution in [1.29, 1.82) is 0 Å². The molecule has 3 unspecified atom stereocenters. The lowest BCUT2D eigenvalue weighted by molar-refractivity contribution is -0.258. The van der Waals surface area contributed by atoms with Crippen molar-refractivity contribution in [3.8, 4) is 5.75 Å². The molecule has 0 saturated carbocycles. The van der Waals surface area contributed by atoms with Gasteiger partial charge < -0.3 is 15.2 Å². The van der Waals surface area contributed by atoms with Crippen LogP contribution in [0.1, 0.15) is 30.0 Å². The second kappa shape index (κ2) is 7.45. The van der Waals surface area contributed by atoms with E-state index < -0.39 is 11.8 Å². The number of ether oxygens (including phenoxy) is 1. The Morgan fingerprint density at radius 1 is 1.17 bits per heavy atom. The van der Waals surface area contributed by atoms with Crippen molar-refractivity contribution < 1.29 is 27.4 Å². The van der Waals surface area contributed by atoms with Crippen molar-refractivity contribution in [2.75, 3.05) is 13.2 Å². The lowest BCUT2D eigenvalue weighted by Crippen LogP contribution is -2.49. The number of aliphatic hydroxyl groups is 1. The maximum atomic E-state index is 13.3. The number of fused-ring (bicyclic) bond motifs is 3. The summed E-state index contributed by atoms with van der Waals surface area (Å²) in [4.78, 5) is 0. The molecule has 2 aromatic rings. The summed E-state index contributed by atoms with van der Waals surface area (Å²) in [5.41, 5.74) is -1.79. The van der Waals surface area contributed by atoms with Crippen molar-refractivity contribution in [2.45, 2.75) is 43.0 Å². The zero-order valence-electron chi connectivity index (χ0n) is 15.7. The number of rotatable bonds is 3. The van der Waals surface area contributed by atoms with E-state index in [0.29, 0.717) is 18.8 Å². The molecule has 0 bridgehead atoms. The Balaban J connectivity index is 0.00000240. The van der Waals surface area contributed by atoms with E-state index >= 15 is 0 Å². The van der Waals surface area contributed by atoms with Crippen LogP contribution in [0.4, 0.5) is 17.6 Å². The normalized spacial score (nSPS) is 25.2. The highest BCUT2D eigenvalue weighted by Gasteiger charge is 2.53. The van der Waals surface area contributed by atoms with Crippen LogP contribution >= 0.6 is 12.4 Å². The summed E-state index contributed by atoms with van der Waals surface area (Å²) in [5, 5.41) is 13.4. The van der Waals surface area contributed by atoms with Crippen LogP contribution in [0, 0.1) is 5.82 Å². The van der Waals surface area contributed by atoms with Crippen LogP contribution in [0.3, 0.4) is 0 Å². The van der Waals surface area contributed by atoms with Crippen LogP contribution in [0.25, 0.3) is 0 Å². The molecule has 0 radical (unpaired) electrons. The quantitative estimate of drug-likeness (QED) is 0.714. The van der Waals surface area contributed by atoms with Gasteiger partial charge in [-0.05, 0) is 55.6 Å². The smallest absolute Gasteiger partial charge is 0.421 e. The molecule has 0 aliphatic carbocycles. The Bertz CT molecular complexity index is 885. The van der Waals surface area contributed by atoms with Crippen molar-refractivity contribution in [1.82, 2.24) is 5.32 Å². The average molecular weight is 432 g/mol. The van der Waals surface area contributed by atoms with Gasteiger partial charge in [-0.1, -0.05) is 24.3 Å². The monoisotopic (exact) mass is 431 g/mol. The molecule has 1 fully saturated rings. The lowest BCUT2D eigenvalue weighted by Gasteiger charge is -2.41. The number of halogens is 5. The van der Waals surface area contributed by atoms with Gasteiger partial charge in [0.25, 0.3) is 0 Å². The fraction of sp³-hybridized carbons (Fsp3) is 0.429. The van der Waals surface area contributed by atoms with Crippen LogP contribution in [-0.4, -0.2) is 30.5 Å². The van der Waals surface area contributed by atoms with Gasteiger partial charge in [-0.3, -0.25) is 0 Å². The predicted molar refractivity (Wildman–Crippen MR) is 103 cm³/mol. The van der Waals surface area contributed by atoms with Gasteiger partial charge in [0.2, 0.25) is 0 Å². The van der Waals surface area contributed by atoms with E-state index in [4.69, 9.17) is 4.74 Å². The number of hydrogen-bond acceptors (Lipinski definition) is 3. The van der Waals surface area contributed by atoms with Gasteiger partial charge in [0.15, 0.2) is 5.60 Å². The summed E-state index contributed by atoms with van der Waals surface area (Å²) < 4.78 is 58.7. The molecule has 0 spiro atoms. The SMILES string of the molecule is CC(O)(c1ccc2c(c1)OCC1NCCC21Cc1ccc(F)cc1)C(F)(F)F.Cl. The Kier molecular flexibility index (Phi) is 5.62.